The lowest BCUT2D eigenvalue weighted by Crippen LogP contribution is -2.65. The van der Waals surface area contributed by atoms with Gasteiger partial charge in [-0.05, 0) is 172 Å². The molecule has 6 saturated heterocycles. The fourth-order valence-electron chi connectivity index (χ4n) is 23.3. The predicted molar refractivity (Wildman–Crippen MR) is 229 cm³/mol. The van der Waals surface area contributed by atoms with Gasteiger partial charge in [0.05, 0.1) is 24.4 Å². The van der Waals surface area contributed by atoms with Crippen LogP contribution in [0.25, 0.3) is 0 Å². The van der Waals surface area contributed by atoms with Crippen LogP contribution in [0.5, 0.6) is 0 Å². The SMILES string of the molecule is C1CCC(C2C3C4CCCC5C6CCC7C8CCCCC8OC7C6N(C54)C3C(C3CCCCC3)C3C4CCCC5C6CCC7C8CCCCC8OC7C6N(C54)C23)CC1. The lowest BCUT2D eigenvalue weighted by Gasteiger charge is -2.60. The maximum absolute atomic E-state index is 7.63. The van der Waals surface area contributed by atoms with Crippen molar-refractivity contribution in [2.75, 3.05) is 0 Å². The third-order valence-electron chi connectivity index (χ3n) is 24.2. The molecule has 24 unspecified atom stereocenters. The van der Waals surface area contributed by atoms with Crippen LogP contribution in [0.2, 0.25) is 0 Å². The summed E-state index contributed by atoms with van der Waals surface area (Å²) in [7, 11) is 0. The molecule has 4 nitrogen and oxygen atoms in total. The maximum Gasteiger partial charge on any atom is 0.0768 e. The predicted octanol–water partition coefficient (Wildman–Crippen LogP) is 11.3. The number of hydrogen-bond donors (Lipinski definition) is 0. The molecule has 0 amide bonds. The zero-order chi connectivity index (χ0) is 37.4. The summed E-state index contributed by atoms with van der Waals surface area (Å²) in [4.78, 5) is 7.19. The van der Waals surface area contributed by atoms with Gasteiger partial charge in [-0.25, -0.2) is 0 Å². The van der Waals surface area contributed by atoms with Crippen LogP contribution in [0.4, 0.5) is 0 Å². The van der Waals surface area contributed by atoms with Gasteiger partial charge in [-0.1, -0.05) is 103 Å². The standard InChI is InChI=1S/C54H82N2O2/c1-3-13-29(14-4-1)43-45-39-21-11-19-33-36-26-28-38-32-18-8-10-24-42(32)58-54(38)50(36)56(47(33)39)52(45)44(30-15-5-2-6-16-30)46-40-22-12-20-34-35-25-27-37-31-17-7-9-23-41(31)57-53(37)49(35)55(48(34)40)51(43)46/h29-54H,1-28H2. The Labute approximate surface area is 353 Å². The molecule has 6 heterocycles. The molecule has 0 aromatic heterocycles. The van der Waals surface area contributed by atoms with Crippen molar-refractivity contribution in [1.82, 2.24) is 9.80 Å². The molecule has 9 aliphatic carbocycles. The Balaban J connectivity index is 0.897. The van der Waals surface area contributed by atoms with E-state index >= 15 is 0 Å². The average Bonchev–Trinajstić information content (AvgIpc) is 4.12. The summed E-state index contributed by atoms with van der Waals surface area (Å²) < 4.78 is 15.3. The Morgan fingerprint density at radius 3 is 1.07 bits per heavy atom. The molecule has 15 fully saturated rings. The zero-order valence-corrected chi connectivity index (χ0v) is 36.5. The van der Waals surface area contributed by atoms with E-state index in [4.69, 9.17) is 9.47 Å². The first-order valence-corrected chi connectivity index (χ1v) is 27.7. The van der Waals surface area contributed by atoms with Crippen LogP contribution in [0, 0.1) is 94.7 Å². The van der Waals surface area contributed by atoms with Gasteiger partial charge in [0.15, 0.2) is 0 Å². The molecule has 0 aromatic carbocycles. The van der Waals surface area contributed by atoms with E-state index in [-0.39, 0.29) is 0 Å². The highest BCUT2D eigenvalue weighted by molar-refractivity contribution is 5.28. The van der Waals surface area contributed by atoms with Gasteiger partial charge in [0.2, 0.25) is 0 Å². The molecule has 58 heavy (non-hydrogen) atoms. The Morgan fingerprint density at radius 1 is 0.241 bits per heavy atom. The van der Waals surface area contributed by atoms with Crippen molar-refractivity contribution in [1.29, 1.82) is 0 Å². The third-order valence-corrected chi connectivity index (χ3v) is 24.2. The highest BCUT2D eigenvalue weighted by Crippen LogP contribution is 2.73. The van der Waals surface area contributed by atoms with Crippen LogP contribution in [0.15, 0.2) is 0 Å². The van der Waals surface area contributed by atoms with Gasteiger partial charge in [-0.15, -0.1) is 0 Å². The van der Waals surface area contributed by atoms with Crippen molar-refractivity contribution < 1.29 is 9.47 Å². The Kier molecular flexibility index (Phi) is 8.54. The summed E-state index contributed by atoms with van der Waals surface area (Å²) in [6.45, 7) is 0. The van der Waals surface area contributed by atoms with Crippen molar-refractivity contribution in [3.8, 4) is 0 Å². The summed E-state index contributed by atoms with van der Waals surface area (Å²) in [6.07, 6.45) is 44.9. The first kappa shape index (κ1) is 36.2. The minimum Gasteiger partial charge on any atom is -0.373 e. The molecule has 0 spiro atoms. The molecular weight excluding hydrogens is 709 g/mol. The van der Waals surface area contributed by atoms with Crippen molar-refractivity contribution in [3.63, 3.8) is 0 Å². The molecule has 320 valence electrons. The minimum atomic E-state index is 0.573. The molecule has 9 saturated carbocycles. The quantitative estimate of drug-likeness (QED) is 0.278. The molecule has 4 heteroatoms. The molecule has 6 aliphatic heterocycles. The van der Waals surface area contributed by atoms with Gasteiger partial charge in [0.25, 0.3) is 0 Å². The Bertz CT molecular complexity index is 1460. The smallest absolute Gasteiger partial charge is 0.0768 e. The van der Waals surface area contributed by atoms with Crippen molar-refractivity contribution >= 4 is 0 Å². The lowest BCUT2D eigenvalue weighted by molar-refractivity contribution is -0.128. The third kappa shape index (κ3) is 4.76. The van der Waals surface area contributed by atoms with E-state index in [2.05, 4.69) is 9.80 Å². The van der Waals surface area contributed by atoms with Crippen molar-refractivity contribution in [2.24, 2.45) is 94.7 Å². The molecule has 0 radical (unpaired) electrons. The minimum absolute atomic E-state index is 0.573. The lowest BCUT2D eigenvalue weighted by atomic mass is 9.49. The number of fused-ring (bicyclic) bond motifs is 20. The summed E-state index contributed by atoms with van der Waals surface area (Å²) in [6, 6.07) is 5.11. The van der Waals surface area contributed by atoms with Crippen LogP contribution in [0.3, 0.4) is 0 Å². The van der Waals surface area contributed by atoms with Crippen LogP contribution >= 0.6 is 0 Å². The van der Waals surface area contributed by atoms with E-state index < -0.39 is 0 Å². The van der Waals surface area contributed by atoms with E-state index in [1.807, 2.05) is 0 Å². The van der Waals surface area contributed by atoms with Crippen molar-refractivity contribution in [2.45, 2.75) is 240 Å². The Morgan fingerprint density at radius 2 is 0.603 bits per heavy atom. The number of nitrogens with zero attached hydrogens (tertiary/aromatic N) is 2. The van der Waals surface area contributed by atoms with E-state index in [9.17, 15) is 0 Å². The second-order valence-electron chi connectivity index (χ2n) is 25.4. The van der Waals surface area contributed by atoms with Crippen LogP contribution in [-0.2, 0) is 9.47 Å². The molecular formula is C54H82N2O2. The highest BCUT2D eigenvalue weighted by Gasteiger charge is 2.77. The normalized spacial score (nSPS) is 60.8. The summed E-state index contributed by atoms with van der Waals surface area (Å²) in [5.41, 5.74) is 0. The first-order valence-electron chi connectivity index (χ1n) is 27.7. The molecule has 15 aliphatic rings. The van der Waals surface area contributed by atoms with Crippen LogP contribution < -0.4 is 0 Å². The van der Waals surface area contributed by atoms with Gasteiger partial charge in [-0.3, -0.25) is 9.80 Å². The summed E-state index contributed by atoms with van der Waals surface area (Å²) >= 11 is 0. The first-order chi connectivity index (χ1) is 28.8. The van der Waals surface area contributed by atoms with E-state index in [0.717, 1.165) is 131 Å². The number of rotatable bonds is 2. The van der Waals surface area contributed by atoms with E-state index in [1.54, 1.807) is 77.0 Å². The maximum atomic E-state index is 7.63. The topological polar surface area (TPSA) is 24.9 Å². The van der Waals surface area contributed by atoms with Crippen LogP contribution in [-0.4, -0.2) is 70.5 Å². The second kappa shape index (κ2) is 13.7. The highest BCUT2D eigenvalue weighted by atomic mass is 16.5. The molecule has 24 atom stereocenters. The molecule has 15 rings (SSSR count). The van der Waals surface area contributed by atoms with Gasteiger partial charge in [-0.2, -0.15) is 0 Å². The fourth-order valence-corrected chi connectivity index (χ4v) is 23.3. The van der Waals surface area contributed by atoms with Gasteiger partial charge < -0.3 is 9.47 Å². The molecule has 0 bridgehead atoms. The average molecular weight is 791 g/mol. The van der Waals surface area contributed by atoms with Crippen molar-refractivity contribution in [3.05, 3.63) is 0 Å². The summed E-state index contributed by atoms with van der Waals surface area (Å²) in [5.74, 6) is 15.2. The van der Waals surface area contributed by atoms with Gasteiger partial charge in [0, 0.05) is 36.3 Å². The van der Waals surface area contributed by atoms with Gasteiger partial charge in [0.1, 0.15) is 0 Å². The number of hydrogen-bond acceptors (Lipinski definition) is 4. The van der Waals surface area contributed by atoms with Gasteiger partial charge >= 0.3 is 0 Å². The zero-order valence-electron chi connectivity index (χ0n) is 36.5. The molecule has 0 aromatic rings. The molecule has 0 N–H and O–H groups in total. The second-order valence-corrected chi connectivity index (χ2v) is 25.4. The monoisotopic (exact) mass is 791 g/mol. The fraction of sp³-hybridized carbons (Fsp3) is 1.00. The Hall–Kier alpha value is -0.160. The number of ether oxygens (including phenoxy) is 2. The summed E-state index contributed by atoms with van der Waals surface area (Å²) in [5, 5.41) is 0. The van der Waals surface area contributed by atoms with Crippen LogP contribution in [0.1, 0.15) is 180 Å². The van der Waals surface area contributed by atoms with E-state index in [1.165, 1.54) is 103 Å². The largest absolute Gasteiger partial charge is 0.373 e. The van der Waals surface area contributed by atoms with E-state index in [0.29, 0.717) is 24.4 Å².